The van der Waals surface area contributed by atoms with Crippen molar-refractivity contribution in [2.75, 3.05) is 38.2 Å². The maximum atomic E-state index is 12.7. The van der Waals surface area contributed by atoms with Crippen molar-refractivity contribution in [1.29, 1.82) is 0 Å². The molecule has 7 heteroatoms. The molecular weight excluding hydrogens is 398 g/mol. The first-order valence-corrected chi connectivity index (χ1v) is 11.3. The number of para-hydroxylation sites is 1. The van der Waals surface area contributed by atoms with Crippen LogP contribution in [-0.4, -0.2) is 48.6 Å². The molecule has 3 aromatic rings. The third kappa shape index (κ3) is 4.27. The molecule has 0 saturated carbocycles. The van der Waals surface area contributed by atoms with Gasteiger partial charge in [0.15, 0.2) is 11.5 Å². The van der Waals surface area contributed by atoms with E-state index in [2.05, 4.69) is 28.4 Å². The summed E-state index contributed by atoms with van der Waals surface area (Å²) in [6.07, 6.45) is 3.07. The number of nitrogens with zero attached hydrogens (tertiary/aromatic N) is 2. The number of hydrogen-bond acceptors (Lipinski definition) is 6. The Kier molecular flexibility index (Phi) is 5.55. The Morgan fingerprint density at radius 1 is 1.13 bits per heavy atom. The SMILES string of the molecule is O=C(CN1CCCC(c2nc3ccccc3s2)C1)Nc1ccc2c(c1)OCCCO2. The van der Waals surface area contributed by atoms with Gasteiger partial charge in [-0.2, -0.15) is 0 Å². The number of benzene rings is 2. The normalized spacial score (nSPS) is 19.4. The van der Waals surface area contributed by atoms with Gasteiger partial charge in [0, 0.05) is 30.6 Å². The second kappa shape index (κ2) is 8.62. The van der Waals surface area contributed by atoms with E-state index in [1.165, 1.54) is 9.71 Å². The van der Waals surface area contributed by atoms with Crippen molar-refractivity contribution in [3.63, 3.8) is 0 Å². The molecule has 1 atom stereocenters. The first kappa shape index (κ1) is 19.3. The van der Waals surface area contributed by atoms with Crippen LogP contribution in [0.5, 0.6) is 11.5 Å². The Hall–Kier alpha value is -2.64. The number of anilines is 1. The van der Waals surface area contributed by atoms with Crippen LogP contribution < -0.4 is 14.8 Å². The van der Waals surface area contributed by atoms with Crippen LogP contribution in [0, 0.1) is 0 Å². The highest BCUT2D eigenvalue weighted by Gasteiger charge is 2.25. The largest absolute Gasteiger partial charge is 0.490 e. The van der Waals surface area contributed by atoms with Crippen LogP contribution in [0.2, 0.25) is 0 Å². The van der Waals surface area contributed by atoms with Crippen molar-refractivity contribution in [2.45, 2.75) is 25.2 Å². The Morgan fingerprint density at radius 2 is 2.00 bits per heavy atom. The summed E-state index contributed by atoms with van der Waals surface area (Å²) in [7, 11) is 0. The number of carbonyl (C=O) groups excluding carboxylic acids is 1. The molecule has 0 radical (unpaired) electrons. The Bertz CT molecular complexity index is 1020. The molecule has 30 heavy (non-hydrogen) atoms. The van der Waals surface area contributed by atoms with Crippen molar-refractivity contribution in [3.8, 4) is 11.5 Å². The van der Waals surface area contributed by atoms with E-state index in [4.69, 9.17) is 14.5 Å². The summed E-state index contributed by atoms with van der Waals surface area (Å²) in [5, 5.41) is 4.19. The molecule has 1 aromatic heterocycles. The van der Waals surface area contributed by atoms with Crippen molar-refractivity contribution < 1.29 is 14.3 Å². The van der Waals surface area contributed by atoms with E-state index >= 15 is 0 Å². The summed E-state index contributed by atoms with van der Waals surface area (Å²) in [6, 6.07) is 13.9. The van der Waals surface area contributed by atoms with Gasteiger partial charge in [-0.1, -0.05) is 12.1 Å². The molecule has 3 heterocycles. The molecule has 156 valence electrons. The number of aromatic nitrogens is 1. The van der Waals surface area contributed by atoms with Crippen LogP contribution in [0.4, 0.5) is 5.69 Å². The number of fused-ring (bicyclic) bond motifs is 2. The van der Waals surface area contributed by atoms with E-state index in [0.717, 1.165) is 49.3 Å². The van der Waals surface area contributed by atoms with Gasteiger partial charge in [0.1, 0.15) is 0 Å². The lowest BCUT2D eigenvalue weighted by atomic mass is 9.99. The molecule has 0 aliphatic carbocycles. The Balaban J connectivity index is 1.21. The van der Waals surface area contributed by atoms with Gasteiger partial charge in [-0.25, -0.2) is 4.98 Å². The minimum Gasteiger partial charge on any atom is -0.490 e. The number of thiazole rings is 1. The molecule has 5 rings (SSSR count). The lowest BCUT2D eigenvalue weighted by molar-refractivity contribution is -0.117. The summed E-state index contributed by atoms with van der Waals surface area (Å²) in [5.41, 5.74) is 1.81. The van der Waals surface area contributed by atoms with Crippen LogP contribution in [0.1, 0.15) is 30.2 Å². The second-order valence-electron chi connectivity index (χ2n) is 7.85. The number of nitrogens with one attached hydrogen (secondary N) is 1. The Morgan fingerprint density at radius 3 is 2.90 bits per heavy atom. The zero-order chi connectivity index (χ0) is 20.3. The zero-order valence-corrected chi connectivity index (χ0v) is 17.6. The van der Waals surface area contributed by atoms with E-state index in [9.17, 15) is 4.79 Å². The maximum absolute atomic E-state index is 12.7. The molecule has 2 aromatic carbocycles. The maximum Gasteiger partial charge on any atom is 0.238 e. The predicted molar refractivity (Wildman–Crippen MR) is 119 cm³/mol. The number of amides is 1. The summed E-state index contributed by atoms with van der Waals surface area (Å²) in [4.78, 5) is 19.7. The highest BCUT2D eigenvalue weighted by Crippen LogP contribution is 2.34. The van der Waals surface area contributed by atoms with Crippen molar-refractivity contribution in [1.82, 2.24) is 9.88 Å². The van der Waals surface area contributed by atoms with Crippen LogP contribution >= 0.6 is 11.3 Å². The zero-order valence-electron chi connectivity index (χ0n) is 16.8. The fraction of sp³-hybridized carbons (Fsp3) is 0.391. The van der Waals surface area contributed by atoms with Crippen molar-refractivity contribution >= 4 is 33.1 Å². The second-order valence-corrected chi connectivity index (χ2v) is 8.92. The van der Waals surface area contributed by atoms with Crippen LogP contribution in [0.3, 0.4) is 0 Å². The molecule has 2 aliphatic rings. The summed E-state index contributed by atoms with van der Waals surface area (Å²) in [5.74, 6) is 1.82. The monoisotopic (exact) mass is 423 g/mol. The molecule has 1 amide bonds. The van der Waals surface area contributed by atoms with Gasteiger partial charge in [-0.05, 0) is 43.7 Å². The third-order valence-electron chi connectivity index (χ3n) is 5.56. The molecule has 6 nitrogen and oxygen atoms in total. The van der Waals surface area contributed by atoms with Gasteiger partial charge in [0.25, 0.3) is 0 Å². The third-order valence-corrected chi connectivity index (χ3v) is 6.76. The summed E-state index contributed by atoms with van der Waals surface area (Å²) in [6.45, 7) is 3.48. The molecule has 1 fully saturated rings. The average Bonchev–Trinajstić information content (AvgIpc) is 3.06. The standard InChI is InChI=1S/C23H25N3O3S/c27-22(24-17-8-9-19-20(13-17)29-12-4-11-28-19)15-26-10-3-5-16(14-26)23-25-18-6-1-2-7-21(18)30-23/h1-2,6-9,13,16H,3-5,10-12,14-15H2,(H,24,27). The number of rotatable bonds is 4. The number of carbonyl (C=O) groups is 1. The molecule has 2 aliphatic heterocycles. The van der Waals surface area contributed by atoms with E-state index in [1.807, 2.05) is 24.3 Å². The van der Waals surface area contributed by atoms with E-state index in [1.54, 1.807) is 11.3 Å². The van der Waals surface area contributed by atoms with Crippen LogP contribution in [0.25, 0.3) is 10.2 Å². The van der Waals surface area contributed by atoms with E-state index < -0.39 is 0 Å². The molecular formula is C23H25N3O3S. The smallest absolute Gasteiger partial charge is 0.238 e. The van der Waals surface area contributed by atoms with Crippen molar-refractivity contribution in [3.05, 3.63) is 47.5 Å². The molecule has 1 N–H and O–H groups in total. The van der Waals surface area contributed by atoms with Gasteiger partial charge in [0.2, 0.25) is 5.91 Å². The Labute approximate surface area is 179 Å². The van der Waals surface area contributed by atoms with Gasteiger partial charge in [-0.15, -0.1) is 11.3 Å². The quantitative estimate of drug-likeness (QED) is 0.679. The fourth-order valence-electron chi connectivity index (χ4n) is 4.11. The average molecular weight is 424 g/mol. The first-order valence-electron chi connectivity index (χ1n) is 10.5. The highest BCUT2D eigenvalue weighted by atomic mass is 32.1. The molecule has 0 bridgehead atoms. The van der Waals surface area contributed by atoms with E-state index in [0.29, 0.717) is 31.4 Å². The van der Waals surface area contributed by atoms with E-state index in [-0.39, 0.29) is 5.91 Å². The lowest BCUT2D eigenvalue weighted by Gasteiger charge is -2.31. The minimum absolute atomic E-state index is 0.00515. The number of hydrogen-bond donors (Lipinski definition) is 1. The number of likely N-dealkylation sites (tertiary alicyclic amines) is 1. The summed E-state index contributed by atoms with van der Waals surface area (Å²) >= 11 is 1.78. The topological polar surface area (TPSA) is 63.7 Å². The number of ether oxygens (including phenoxy) is 2. The first-order chi connectivity index (χ1) is 14.7. The highest BCUT2D eigenvalue weighted by molar-refractivity contribution is 7.18. The van der Waals surface area contributed by atoms with Crippen LogP contribution in [0.15, 0.2) is 42.5 Å². The molecule has 1 saturated heterocycles. The fourth-order valence-corrected chi connectivity index (χ4v) is 5.20. The lowest BCUT2D eigenvalue weighted by Crippen LogP contribution is -2.39. The minimum atomic E-state index is -0.00515. The van der Waals surface area contributed by atoms with Crippen molar-refractivity contribution in [2.24, 2.45) is 0 Å². The summed E-state index contributed by atoms with van der Waals surface area (Å²) < 4.78 is 12.6. The molecule has 1 unspecified atom stereocenters. The van der Waals surface area contributed by atoms with Crippen LogP contribution in [-0.2, 0) is 4.79 Å². The van der Waals surface area contributed by atoms with Gasteiger partial charge in [-0.3, -0.25) is 9.69 Å². The van der Waals surface area contributed by atoms with Gasteiger partial charge >= 0.3 is 0 Å². The van der Waals surface area contributed by atoms with Gasteiger partial charge in [0.05, 0.1) is 35.0 Å². The number of piperidine rings is 1. The predicted octanol–water partition coefficient (Wildman–Crippen LogP) is 4.28. The van der Waals surface area contributed by atoms with Gasteiger partial charge < -0.3 is 14.8 Å². The molecule has 0 spiro atoms.